The normalized spacial score (nSPS) is 10.5. The number of rotatable bonds is 5. The summed E-state index contributed by atoms with van der Waals surface area (Å²) >= 11 is 0. The van der Waals surface area contributed by atoms with Crippen molar-refractivity contribution in [3.05, 3.63) is 22.9 Å². The number of aromatic amines is 1. The van der Waals surface area contributed by atoms with Gasteiger partial charge in [0.1, 0.15) is 5.39 Å². The highest BCUT2D eigenvalue weighted by Crippen LogP contribution is 2.05. The number of hydrogen-bond acceptors (Lipinski definition) is 6. The zero-order chi connectivity index (χ0) is 13.8. The standard InChI is InChI=1S/C10H10N4O5/c15-7(16)1-2-8(17)19-5-14-9-6(3-13-14)10(18)12-4-11-9/h3-4H,1-2,5H2,(H,15,16)(H,11,12,18). The number of carboxylic acid groups (broad SMARTS) is 1. The highest BCUT2D eigenvalue weighted by Gasteiger charge is 2.10. The van der Waals surface area contributed by atoms with Crippen LogP contribution in [0.1, 0.15) is 12.8 Å². The first-order valence-corrected chi connectivity index (χ1v) is 5.34. The van der Waals surface area contributed by atoms with E-state index in [2.05, 4.69) is 15.1 Å². The van der Waals surface area contributed by atoms with Crippen LogP contribution in [0.15, 0.2) is 17.3 Å². The van der Waals surface area contributed by atoms with Crippen LogP contribution < -0.4 is 5.56 Å². The second-order valence-corrected chi connectivity index (χ2v) is 3.65. The zero-order valence-electron chi connectivity index (χ0n) is 9.70. The van der Waals surface area contributed by atoms with Crippen molar-refractivity contribution in [2.45, 2.75) is 19.6 Å². The number of aliphatic carboxylic acids is 1. The van der Waals surface area contributed by atoms with Crippen molar-refractivity contribution >= 4 is 23.0 Å². The Morgan fingerprint density at radius 2 is 2.21 bits per heavy atom. The van der Waals surface area contributed by atoms with Crippen LogP contribution in [0, 0.1) is 0 Å². The fourth-order valence-electron chi connectivity index (χ4n) is 1.41. The number of esters is 1. The minimum atomic E-state index is -1.07. The van der Waals surface area contributed by atoms with Gasteiger partial charge >= 0.3 is 11.9 Å². The van der Waals surface area contributed by atoms with Gasteiger partial charge in [0.05, 0.1) is 25.4 Å². The van der Waals surface area contributed by atoms with Crippen LogP contribution in [0.2, 0.25) is 0 Å². The van der Waals surface area contributed by atoms with Gasteiger partial charge in [0, 0.05) is 0 Å². The summed E-state index contributed by atoms with van der Waals surface area (Å²) in [6, 6.07) is 0. The molecular weight excluding hydrogens is 256 g/mol. The maximum Gasteiger partial charge on any atom is 0.308 e. The van der Waals surface area contributed by atoms with Crippen molar-refractivity contribution in [1.82, 2.24) is 19.7 Å². The maximum absolute atomic E-state index is 11.4. The second-order valence-electron chi connectivity index (χ2n) is 3.65. The fraction of sp³-hybridized carbons (Fsp3) is 0.300. The van der Waals surface area contributed by atoms with E-state index in [0.717, 1.165) is 0 Å². The monoisotopic (exact) mass is 266 g/mol. The Labute approximate surface area is 105 Å². The van der Waals surface area contributed by atoms with Crippen molar-refractivity contribution in [3.63, 3.8) is 0 Å². The van der Waals surface area contributed by atoms with Crippen LogP contribution in [-0.2, 0) is 21.1 Å². The average Bonchev–Trinajstić information content (AvgIpc) is 2.78. The third-order valence-corrected chi connectivity index (χ3v) is 2.33. The molecule has 100 valence electrons. The minimum absolute atomic E-state index is 0.220. The van der Waals surface area contributed by atoms with Crippen molar-refractivity contribution in [2.75, 3.05) is 0 Å². The Kier molecular flexibility index (Phi) is 3.55. The van der Waals surface area contributed by atoms with Crippen LogP contribution >= 0.6 is 0 Å². The Morgan fingerprint density at radius 1 is 1.42 bits per heavy atom. The van der Waals surface area contributed by atoms with Crippen LogP contribution in [0.5, 0.6) is 0 Å². The fourth-order valence-corrected chi connectivity index (χ4v) is 1.41. The van der Waals surface area contributed by atoms with Crippen LogP contribution in [0.3, 0.4) is 0 Å². The van der Waals surface area contributed by atoms with Crippen LogP contribution in [-0.4, -0.2) is 36.8 Å². The minimum Gasteiger partial charge on any atom is -0.481 e. The predicted molar refractivity (Wildman–Crippen MR) is 61.1 cm³/mol. The predicted octanol–water partition coefficient (Wildman–Crippen LogP) is -0.515. The van der Waals surface area contributed by atoms with Gasteiger partial charge in [-0.3, -0.25) is 14.4 Å². The molecule has 0 saturated heterocycles. The molecule has 0 aliphatic heterocycles. The molecule has 0 aromatic carbocycles. The van der Waals surface area contributed by atoms with E-state index in [0.29, 0.717) is 0 Å². The Hall–Kier alpha value is -2.71. The first kappa shape index (κ1) is 12.7. The molecular formula is C10H10N4O5. The molecule has 0 spiro atoms. The molecule has 2 rings (SSSR count). The van der Waals surface area contributed by atoms with Gasteiger partial charge in [-0.2, -0.15) is 5.10 Å². The van der Waals surface area contributed by atoms with Gasteiger partial charge in [0.15, 0.2) is 12.4 Å². The Balaban J connectivity index is 2.02. The van der Waals surface area contributed by atoms with E-state index < -0.39 is 11.9 Å². The average molecular weight is 266 g/mol. The van der Waals surface area contributed by atoms with Crippen LogP contribution in [0.25, 0.3) is 11.0 Å². The first-order chi connectivity index (χ1) is 9.08. The molecule has 0 radical (unpaired) electrons. The molecule has 0 aliphatic rings. The smallest absolute Gasteiger partial charge is 0.308 e. The molecule has 19 heavy (non-hydrogen) atoms. The molecule has 0 bridgehead atoms. The summed E-state index contributed by atoms with van der Waals surface area (Å²) in [6.07, 6.45) is 2.01. The quantitative estimate of drug-likeness (QED) is 0.697. The molecule has 0 amide bonds. The molecule has 0 fully saturated rings. The number of nitrogens with one attached hydrogen (secondary N) is 1. The molecule has 0 atom stereocenters. The Morgan fingerprint density at radius 3 is 2.95 bits per heavy atom. The SMILES string of the molecule is O=C(O)CCC(=O)OCn1ncc2c(=O)[nH]cnc21. The molecule has 2 aromatic heterocycles. The summed E-state index contributed by atoms with van der Waals surface area (Å²) in [5, 5.41) is 12.6. The van der Waals surface area contributed by atoms with E-state index in [1.807, 2.05) is 0 Å². The topological polar surface area (TPSA) is 127 Å². The van der Waals surface area contributed by atoms with Crippen LogP contribution in [0.4, 0.5) is 0 Å². The van der Waals surface area contributed by atoms with E-state index >= 15 is 0 Å². The van der Waals surface area contributed by atoms with E-state index in [-0.39, 0.29) is 36.2 Å². The lowest BCUT2D eigenvalue weighted by Gasteiger charge is -2.04. The van der Waals surface area contributed by atoms with Gasteiger partial charge in [-0.15, -0.1) is 0 Å². The summed E-state index contributed by atoms with van der Waals surface area (Å²) in [6.45, 7) is -0.224. The van der Waals surface area contributed by atoms with Gasteiger partial charge in [-0.25, -0.2) is 9.67 Å². The summed E-state index contributed by atoms with van der Waals surface area (Å²) in [5.41, 5.74) is -0.0526. The van der Waals surface area contributed by atoms with E-state index in [1.165, 1.54) is 17.2 Å². The maximum atomic E-state index is 11.4. The third kappa shape index (κ3) is 2.94. The highest BCUT2D eigenvalue weighted by molar-refractivity contribution is 5.76. The number of carbonyl (C=O) groups is 2. The lowest BCUT2D eigenvalue weighted by Crippen LogP contribution is -2.13. The zero-order valence-corrected chi connectivity index (χ0v) is 9.70. The number of carboxylic acids is 1. The number of carbonyl (C=O) groups excluding carboxylic acids is 1. The molecule has 9 heteroatoms. The number of fused-ring (bicyclic) bond motifs is 1. The molecule has 0 saturated carbocycles. The van der Waals surface area contributed by atoms with Crippen molar-refractivity contribution in [3.8, 4) is 0 Å². The number of nitrogens with zero attached hydrogens (tertiary/aromatic N) is 3. The molecule has 9 nitrogen and oxygen atoms in total. The van der Waals surface area contributed by atoms with Gasteiger partial charge in [-0.05, 0) is 0 Å². The summed E-state index contributed by atoms with van der Waals surface area (Å²) in [7, 11) is 0. The van der Waals surface area contributed by atoms with Crippen molar-refractivity contribution in [2.24, 2.45) is 0 Å². The summed E-state index contributed by atoms with van der Waals surface area (Å²) in [5.74, 6) is -1.73. The van der Waals surface area contributed by atoms with E-state index in [4.69, 9.17) is 9.84 Å². The lowest BCUT2D eigenvalue weighted by atomic mass is 10.3. The van der Waals surface area contributed by atoms with Crippen molar-refractivity contribution in [1.29, 1.82) is 0 Å². The molecule has 2 N–H and O–H groups in total. The molecule has 2 aromatic rings. The summed E-state index contributed by atoms with van der Waals surface area (Å²) < 4.78 is 6.07. The lowest BCUT2D eigenvalue weighted by molar-refractivity contribution is -0.150. The number of hydrogen-bond donors (Lipinski definition) is 2. The largest absolute Gasteiger partial charge is 0.481 e. The van der Waals surface area contributed by atoms with Gasteiger partial charge in [-0.1, -0.05) is 0 Å². The van der Waals surface area contributed by atoms with E-state index in [9.17, 15) is 14.4 Å². The molecule has 0 aliphatic carbocycles. The number of ether oxygens (including phenoxy) is 1. The van der Waals surface area contributed by atoms with E-state index in [1.54, 1.807) is 0 Å². The second kappa shape index (κ2) is 5.29. The summed E-state index contributed by atoms with van der Waals surface area (Å²) in [4.78, 5) is 39.2. The highest BCUT2D eigenvalue weighted by atomic mass is 16.5. The number of H-pyrrole nitrogens is 1. The van der Waals surface area contributed by atoms with Gasteiger partial charge < -0.3 is 14.8 Å². The van der Waals surface area contributed by atoms with Gasteiger partial charge in [0.2, 0.25) is 0 Å². The third-order valence-electron chi connectivity index (χ3n) is 2.33. The Bertz CT molecular complexity index is 674. The molecule has 2 heterocycles. The van der Waals surface area contributed by atoms with Gasteiger partial charge in [0.25, 0.3) is 5.56 Å². The first-order valence-electron chi connectivity index (χ1n) is 5.34. The van der Waals surface area contributed by atoms with Crippen molar-refractivity contribution < 1.29 is 19.4 Å². The molecule has 0 unspecified atom stereocenters. The number of aromatic nitrogens is 4.